The number of aryl methyl sites for hydroxylation is 2. The quantitative estimate of drug-likeness (QED) is 0.478. The summed E-state index contributed by atoms with van der Waals surface area (Å²) in [7, 11) is 0. The molecule has 1 aromatic heterocycles. The van der Waals surface area contributed by atoms with Gasteiger partial charge in [-0.05, 0) is 36.6 Å². The minimum atomic E-state index is -0.403. The second-order valence-corrected chi connectivity index (χ2v) is 7.58. The van der Waals surface area contributed by atoms with Gasteiger partial charge in [0.1, 0.15) is 5.56 Å². The topological polar surface area (TPSA) is 51.1 Å². The number of carbonyl (C=O) groups excluding carboxylic acids is 1. The SMILES string of the molecule is Cc1ccccc1NC(=O)c1c(-c2ccccc2)n(Cc2ccccc2)c(C)cc1=O. The van der Waals surface area contributed by atoms with Gasteiger partial charge in [0.2, 0.25) is 0 Å². The van der Waals surface area contributed by atoms with Gasteiger partial charge < -0.3 is 9.88 Å². The molecule has 0 aliphatic rings. The lowest BCUT2D eigenvalue weighted by atomic mass is 10.0. The van der Waals surface area contributed by atoms with E-state index in [9.17, 15) is 9.59 Å². The highest BCUT2D eigenvalue weighted by atomic mass is 16.2. The molecular formula is C27H24N2O2. The van der Waals surface area contributed by atoms with Crippen molar-refractivity contribution in [2.75, 3.05) is 5.32 Å². The zero-order chi connectivity index (χ0) is 21.8. The monoisotopic (exact) mass is 408 g/mol. The van der Waals surface area contributed by atoms with Crippen LogP contribution in [0.3, 0.4) is 0 Å². The molecule has 0 aliphatic carbocycles. The smallest absolute Gasteiger partial charge is 0.261 e. The van der Waals surface area contributed by atoms with E-state index in [-0.39, 0.29) is 11.0 Å². The minimum absolute atomic E-state index is 0.149. The van der Waals surface area contributed by atoms with E-state index in [1.807, 2.05) is 103 Å². The van der Waals surface area contributed by atoms with Gasteiger partial charge in [-0.1, -0.05) is 78.9 Å². The summed E-state index contributed by atoms with van der Waals surface area (Å²) in [5.41, 5.74) is 4.85. The first-order chi connectivity index (χ1) is 15.0. The van der Waals surface area contributed by atoms with Gasteiger partial charge in [0.15, 0.2) is 5.43 Å². The number of rotatable bonds is 5. The van der Waals surface area contributed by atoms with Crippen LogP contribution in [-0.4, -0.2) is 10.5 Å². The number of pyridine rings is 1. The fourth-order valence-electron chi connectivity index (χ4n) is 3.75. The lowest BCUT2D eigenvalue weighted by molar-refractivity contribution is 0.102. The third-order valence-corrected chi connectivity index (χ3v) is 5.37. The zero-order valence-electron chi connectivity index (χ0n) is 17.6. The summed E-state index contributed by atoms with van der Waals surface area (Å²) in [6, 6.07) is 28.7. The number of benzene rings is 3. The van der Waals surface area contributed by atoms with Crippen molar-refractivity contribution in [3.63, 3.8) is 0 Å². The Labute approximate surface area is 181 Å². The van der Waals surface area contributed by atoms with Crippen molar-refractivity contribution in [2.24, 2.45) is 0 Å². The molecule has 4 rings (SSSR count). The van der Waals surface area contributed by atoms with E-state index < -0.39 is 5.91 Å². The largest absolute Gasteiger partial charge is 0.340 e. The van der Waals surface area contributed by atoms with Gasteiger partial charge in [0.05, 0.1) is 5.69 Å². The van der Waals surface area contributed by atoms with Gasteiger partial charge in [-0.25, -0.2) is 0 Å². The number of para-hydroxylation sites is 1. The summed E-state index contributed by atoms with van der Waals surface area (Å²) < 4.78 is 2.04. The number of nitrogens with one attached hydrogen (secondary N) is 1. The number of anilines is 1. The van der Waals surface area contributed by atoms with Crippen LogP contribution in [0.2, 0.25) is 0 Å². The van der Waals surface area contributed by atoms with Crippen LogP contribution >= 0.6 is 0 Å². The third kappa shape index (κ3) is 4.33. The van der Waals surface area contributed by atoms with E-state index in [4.69, 9.17) is 0 Å². The van der Waals surface area contributed by atoms with Gasteiger partial charge in [-0.2, -0.15) is 0 Å². The van der Waals surface area contributed by atoms with Crippen molar-refractivity contribution in [3.05, 3.63) is 124 Å². The molecule has 4 nitrogen and oxygen atoms in total. The maximum absolute atomic E-state index is 13.4. The highest BCUT2D eigenvalue weighted by molar-refractivity contribution is 6.08. The summed E-state index contributed by atoms with van der Waals surface area (Å²) in [6.45, 7) is 4.39. The number of hydrogen-bond acceptors (Lipinski definition) is 2. The Bertz CT molecular complexity index is 1280. The molecule has 1 amide bonds. The van der Waals surface area contributed by atoms with Crippen LogP contribution in [0.1, 0.15) is 27.2 Å². The second-order valence-electron chi connectivity index (χ2n) is 7.58. The summed E-state index contributed by atoms with van der Waals surface area (Å²) in [5, 5.41) is 2.94. The van der Waals surface area contributed by atoms with Crippen LogP contribution in [0, 0.1) is 13.8 Å². The van der Waals surface area contributed by atoms with E-state index in [0.717, 1.165) is 22.4 Å². The second kappa shape index (κ2) is 8.84. The molecule has 0 unspecified atom stereocenters. The Balaban J connectivity index is 1.90. The molecule has 0 spiro atoms. The molecule has 1 N–H and O–H groups in total. The van der Waals surface area contributed by atoms with E-state index >= 15 is 0 Å². The van der Waals surface area contributed by atoms with Gasteiger partial charge in [0.25, 0.3) is 5.91 Å². The van der Waals surface area contributed by atoms with Crippen LogP contribution in [0.5, 0.6) is 0 Å². The zero-order valence-corrected chi connectivity index (χ0v) is 17.6. The van der Waals surface area contributed by atoms with Crippen molar-refractivity contribution in [3.8, 4) is 11.3 Å². The van der Waals surface area contributed by atoms with Crippen molar-refractivity contribution < 1.29 is 4.79 Å². The summed E-state index contributed by atoms with van der Waals surface area (Å²) >= 11 is 0. The molecule has 154 valence electrons. The van der Waals surface area contributed by atoms with Crippen LogP contribution in [0.15, 0.2) is 95.8 Å². The summed E-state index contributed by atoms with van der Waals surface area (Å²) in [6.07, 6.45) is 0. The number of carbonyl (C=O) groups is 1. The van der Waals surface area contributed by atoms with E-state index in [0.29, 0.717) is 17.9 Å². The van der Waals surface area contributed by atoms with Crippen molar-refractivity contribution in [2.45, 2.75) is 20.4 Å². The Hall–Kier alpha value is -3.92. The number of amides is 1. The lowest BCUT2D eigenvalue weighted by Crippen LogP contribution is -2.27. The predicted octanol–water partition coefficient (Wildman–Crippen LogP) is 5.43. The van der Waals surface area contributed by atoms with Gasteiger partial charge in [-0.3, -0.25) is 9.59 Å². The first-order valence-corrected chi connectivity index (χ1v) is 10.3. The third-order valence-electron chi connectivity index (χ3n) is 5.37. The Morgan fingerprint density at radius 3 is 2.13 bits per heavy atom. The molecular weight excluding hydrogens is 384 g/mol. The Morgan fingerprint density at radius 2 is 1.45 bits per heavy atom. The average Bonchev–Trinajstić information content (AvgIpc) is 2.78. The number of nitrogens with zero attached hydrogens (tertiary/aromatic N) is 1. The molecule has 0 radical (unpaired) electrons. The first-order valence-electron chi connectivity index (χ1n) is 10.3. The lowest BCUT2D eigenvalue weighted by Gasteiger charge is -2.21. The van der Waals surface area contributed by atoms with Crippen LogP contribution in [0.4, 0.5) is 5.69 Å². The molecule has 1 heterocycles. The summed E-state index contributed by atoms with van der Waals surface area (Å²) in [4.78, 5) is 26.5. The van der Waals surface area contributed by atoms with Gasteiger partial charge >= 0.3 is 0 Å². The molecule has 4 aromatic rings. The molecule has 0 atom stereocenters. The molecule has 0 saturated heterocycles. The van der Waals surface area contributed by atoms with Crippen LogP contribution < -0.4 is 10.7 Å². The fourth-order valence-corrected chi connectivity index (χ4v) is 3.75. The van der Waals surface area contributed by atoms with E-state index in [2.05, 4.69) is 5.32 Å². The van der Waals surface area contributed by atoms with Gasteiger partial charge in [-0.15, -0.1) is 0 Å². The van der Waals surface area contributed by atoms with Crippen LogP contribution in [-0.2, 0) is 6.54 Å². The maximum Gasteiger partial charge on any atom is 0.261 e. The van der Waals surface area contributed by atoms with Gasteiger partial charge in [0, 0.05) is 24.0 Å². The Kier molecular flexibility index (Phi) is 5.80. The van der Waals surface area contributed by atoms with Crippen molar-refractivity contribution >= 4 is 11.6 Å². The molecule has 0 bridgehead atoms. The predicted molar refractivity (Wildman–Crippen MR) is 126 cm³/mol. The van der Waals surface area contributed by atoms with E-state index in [1.165, 1.54) is 0 Å². The molecule has 0 saturated carbocycles. The molecule has 3 aromatic carbocycles. The number of hydrogen-bond donors (Lipinski definition) is 1. The number of aromatic nitrogens is 1. The van der Waals surface area contributed by atoms with Crippen molar-refractivity contribution in [1.82, 2.24) is 4.57 Å². The highest BCUT2D eigenvalue weighted by Crippen LogP contribution is 2.26. The standard InChI is InChI=1S/C27H24N2O2/c1-19-11-9-10-16-23(19)28-27(31)25-24(30)17-20(2)29(18-21-12-5-3-6-13-21)26(25)22-14-7-4-8-15-22/h3-17H,18H2,1-2H3,(H,28,31). The molecule has 0 aliphatic heterocycles. The first kappa shape index (κ1) is 20.4. The highest BCUT2D eigenvalue weighted by Gasteiger charge is 2.22. The van der Waals surface area contributed by atoms with Crippen molar-refractivity contribution in [1.29, 1.82) is 0 Å². The molecule has 0 fully saturated rings. The van der Waals surface area contributed by atoms with E-state index in [1.54, 1.807) is 6.07 Å². The minimum Gasteiger partial charge on any atom is -0.340 e. The molecule has 31 heavy (non-hydrogen) atoms. The maximum atomic E-state index is 13.4. The fraction of sp³-hybridized carbons (Fsp3) is 0.111. The molecule has 4 heteroatoms. The Morgan fingerprint density at radius 1 is 0.839 bits per heavy atom. The average molecular weight is 409 g/mol. The van der Waals surface area contributed by atoms with Crippen LogP contribution in [0.25, 0.3) is 11.3 Å². The normalized spacial score (nSPS) is 10.6. The summed E-state index contributed by atoms with van der Waals surface area (Å²) in [5.74, 6) is -0.403.